The van der Waals surface area contributed by atoms with Crippen LogP contribution in [0.2, 0.25) is 0 Å². The van der Waals surface area contributed by atoms with Gasteiger partial charge in [-0.25, -0.2) is 4.74 Å². The Morgan fingerprint density at radius 2 is 1.30 bits per heavy atom. The quantitative estimate of drug-likeness (QED) is 0.567. The summed E-state index contributed by atoms with van der Waals surface area (Å²) in [5.41, 5.74) is 0. The number of halogens is 8. The van der Waals surface area contributed by atoms with Gasteiger partial charge in [-0.15, -0.1) is 13.2 Å². The second kappa shape index (κ2) is 6.67. The van der Waals surface area contributed by atoms with Gasteiger partial charge >= 0.3 is 41.6 Å². The fraction of sp³-hybridized carbons (Fsp3) is 0.333. The first-order chi connectivity index (χ1) is 8.43. The number of ether oxygens (including phenoxy) is 2. The van der Waals surface area contributed by atoms with Gasteiger partial charge in [-0.3, -0.25) is 0 Å². The van der Waals surface area contributed by atoms with Crippen LogP contribution in [0.4, 0.5) is 30.7 Å². The average Bonchev–Trinajstić information content (AvgIpc) is 2.17. The summed E-state index contributed by atoms with van der Waals surface area (Å²) in [6.07, 6.45) is -17.3. The van der Waals surface area contributed by atoms with E-state index in [4.69, 9.17) is 0 Å². The molecule has 0 saturated carbocycles. The van der Waals surface area contributed by atoms with Gasteiger partial charge in [-0.05, 0) is 24.3 Å². The maximum Gasteiger partial charge on any atom is 2.00 e. The van der Waals surface area contributed by atoms with Crippen LogP contribution in [0.15, 0.2) is 28.7 Å². The monoisotopic (exact) mass is 382 g/mol. The Bertz CT molecular complexity index is 445. The fourth-order valence-electron chi connectivity index (χ4n) is 0.915. The van der Waals surface area contributed by atoms with E-state index in [2.05, 4.69) is 25.4 Å². The van der Waals surface area contributed by atoms with Gasteiger partial charge in [0.1, 0.15) is 5.75 Å². The van der Waals surface area contributed by atoms with Gasteiger partial charge in [0.2, 0.25) is 0 Å². The minimum atomic E-state index is -5.93. The van der Waals surface area contributed by atoms with Crippen molar-refractivity contribution in [3.63, 3.8) is 0 Å². The summed E-state index contributed by atoms with van der Waals surface area (Å²) in [6, 6.07) is 4.08. The van der Waals surface area contributed by atoms with Gasteiger partial charge in [-0.1, -0.05) is 15.9 Å². The molecule has 0 aliphatic heterocycles. The molecule has 0 heterocycles. The van der Waals surface area contributed by atoms with Crippen molar-refractivity contribution < 1.29 is 43.1 Å². The molecule has 0 aliphatic carbocycles. The van der Waals surface area contributed by atoms with Crippen molar-refractivity contribution in [2.24, 2.45) is 0 Å². The van der Waals surface area contributed by atoms with Gasteiger partial charge in [0, 0.05) is 4.47 Å². The first kappa shape index (κ1) is 19.7. The van der Waals surface area contributed by atoms with E-state index in [0.29, 0.717) is 4.47 Å². The number of hydrogen-bond acceptors (Lipinski definition) is 2. The second-order valence-corrected chi connectivity index (χ2v) is 4.05. The van der Waals surface area contributed by atoms with E-state index in [0.717, 1.165) is 12.1 Å². The summed E-state index contributed by atoms with van der Waals surface area (Å²) >= 11 is 2.94. The molecule has 0 aromatic heterocycles. The predicted octanol–water partition coefficient (Wildman–Crippen LogP) is 4.39. The Balaban J connectivity index is -0.00000120. The summed E-state index contributed by atoms with van der Waals surface area (Å²) in [6.45, 7) is 0. The Morgan fingerprint density at radius 3 is 1.70 bits per heavy atom. The van der Waals surface area contributed by atoms with Crippen molar-refractivity contribution in [3.8, 4) is 5.75 Å². The molecule has 0 amide bonds. The molecule has 0 atom stereocenters. The third kappa shape index (κ3) is 5.62. The van der Waals surface area contributed by atoms with E-state index < -0.39 is 24.3 Å². The van der Waals surface area contributed by atoms with E-state index >= 15 is 0 Å². The number of alkyl halides is 7. The molecule has 1 aromatic rings. The third-order valence-electron chi connectivity index (χ3n) is 1.64. The maximum atomic E-state index is 12.9. The van der Waals surface area contributed by atoms with Crippen LogP contribution in [0.3, 0.4) is 0 Å². The normalized spacial score (nSPS) is 12.8. The molecular weight excluding hydrogens is 377 g/mol. The summed E-state index contributed by atoms with van der Waals surface area (Å²) in [5, 5.41) is 0. The summed E-state index contributed by atoms with van der Waals surface area (Å²) in [7, 11) is 0. The van der Waals surface area contributed by atoms with Crippen molar-refractivity contribution >= 4 is 39.0 Å². The van der Waals surface area contributed by atoms with Gasteiger partial charge < -0.3 is 7.59 Å². The molecule has 0 saturated heterocycles. The SMILES string of the molecule is FC(F)(F)OC(F)(F)C(F)(F)Oc1ccc(Br)cc1.[H-].[H-].[Mg+2]. The topological polar surface area (TPSA) is 18.5 Å². The number of rotatable bonds is 4. The van der Waals surface area contributed by atoms with Gasteiger partial charge in [0.25, 0.3) is 0 Å². The Kier molecular flexibility index (Phi) is 6.58. The molecule has 0 aliphatic rings. The molecule has 0 bridgehead atoms. The predicted molar refractivity (Wildman–Crippen MR) is 59.8 cm³/mol. The zero-order valence-electron chi connectivity index (χ0n) is 11.4. The van der Waals surface area contributed by atoms with Crippen LogP contribution in [0.5, 0.6) is 5.75 Å². The van der Waals surface area contributed by atoms with E-state index in [1.54, 1.807) is 0 Å². The zero-order chi connectivity index (χ0) is 14.9. The molecule has 112 valence electrons. The summed E-state index contributed by atoms with van der Waals surface area (Å²) < 4.78 is 91.9. The van der Waals surface area contributed by atoms with Crippen LogP contribution in [0.25, 0.3) is 0 Å². The van der Waals surface area contributed by atoms with Crippen molar-refractivity contribution in [2.75, 3.05) is 0 Å². The average molecular weight is 383 g/mol. The van der Waals surface area contributed by atoms with Crippen LogP contribution in [0, 0.1) is 0 Å². The van der Waals surface area contributed by atoms with Gasteiger partial charge in [0.05, 0.1) is 0 Å². The molecule has 0 unspecified atom stereocenters. The standard InChI is InChI=1S/C9H4BrF7O2.Mg.2H/c10-5-1-3-6(4-2-5)18-7(11,12)8(13,14)19-9(15,16)17;;;/h1-4H;;;/q;+2;2*-1. The molecule has 1 aromatic carbocycles. The Labute approximate surface area is 135 Å². The second-order valence-electron chi connectivity index (χ2n) is 3.14. The van der Waals surface area contributed by atoms with Crippen molar-refractivity contribution in [1.29, 1.82) is 0 Å². The van der Waals surface area contributed by atoms with Crippen molar-refractivity contribution in [2.45, 2.75) is 18.6 Å². The van der Waals surface area contributed by atoms with Crippen molar-refractivity contribution in [1.82, 2.24) is 0 Å². The smallest absolute Gasteiger partial charge is 1.00 e. The molecule has 2 nitrogen and oxygen atoms in total. The van der Waals surface area contributed by atoms with Crippen molar-refractivity contribution in [3.05, 3.63) is 28.7 Å². The molecule has 1 rings (SSSR count). The van der Waals surface area contributed by atoms with Crippen LogP contribution in [-0.2, 0) is 4.74 Å². The largest absolute Gasteiger partial charge is 2.00 e. The maximum absolute atomic E-state index is 12.9. The molecule has 20 heavy (non-hydrogen) atoms. The van der Waals surface area contributed by atoms with Crippen LogP contribution in [-0.4, -0.2) is 41.6 Å². The van der Waals surface area contributed by atoms with Gasteiger partial charge in [0.15, 0.2) is 0 Å². The molecular formula is C9H6BrF7MgO2. The molecule has 0 fully saturated rings. The van der Waals surface area contributed by atoms with Crippen LogP contribution in [0.1, 0.15) is 2.85 Å². The minimum absolute atomic E-state index is 0. The summed E-state index contributed by atoms with van der Waals surface area (Å²) in [5.74, 6) is -0.751. The van der Waals surface area contributed by atoms with E-state index in [1.807, 2.05) is 0 Å². The van der Waals surface area contributed by atoms with E-state index in [1.165, 1.54) is 12.1 Å². The number of benzene rings is 1. The number of hydrogen-bond donors (Lipinski definition) is 0. The Morgan fingerprint density at radius 1 is 0.850 bits per heavy atom. The minimum Gasteiger partial charge on any atom is -1.00 e. The first-order valence-electron chi connectivity index (χ1n) is 4.40. The fourth-order valence-corrected chi connectivity index (χ4v) is 1.18. The zero-order valence-corrected chi connectivity index (χ0v) is 12.4. The third-order valence-corrected chi connectivity index (χ3v) is 2.17. The first-order valence-corrected chi connectivity index (χ1v) is 5.19. The molecule has 11 heteroatoms. The van der Waals surface area contributed by atoms with E-state index in [9.17, 15) is 30.7 Å². The van der Waals surface area contributed by atoms with Crippen LogP contribution >= 0.6 is 15.9 Å². The Hall–Kier alpha value is -0.264. The van der Waals surface area contributed by atoms with Gasteiger partial charge in [-0.2, -0.15) is 17.6 Å². The molecule has 0 N–H and O–H groups in total. The van der Waals surface area contributed by atoms with E-state index in [-0.39, 0.29) is 25.9 Å². The molecule has 0 radical (unpaired) electrons. The summed E-state index contributed by atoms with van der Waals surface area (Å²) in [4.78, 5) is 0. The van der Waals surface area contributed by atoms with Crippen LogP contribution < -0.4 is 4.74 Å². The molecule has 0 spiro atoms.